The summed E-state index contributed by atoms with van der Waals surface area (Å²) in [6.07, 6.45) is 0. The van der Waals surface area contributed by atoms with E-state index in [1.165, 1.54) is 16.2 Å². The highest BCUT2D eigenvalue weighted by Gasteiger charge is 2.17. The van der Waals surface area contributed by atoms with Crippen LogP contribution in [-0.4, -0.2) is 22.5 Å². The fraction of sp³-hybridized carbons (Fsp3) is 0.312. The van der Waals surface area contributed by atoms with E-state index in [9.17, 15) is 4.79 Å². The molecule has 3 rings (SSSR count). The molecule has 0 aliphatic carbocycles. The summed E-state index contributed by atoms with van der Waals surface area (Å²) < 4.78 is 6.17. The van der Waals surface area contributed by atoms with Gasteiger partial charge in [0.2, 0.25) is 0 Å². The first-order chi connectivity index (χ1) is 11.5. The summed E-state index contributed by atoms with van der Waals surface area (Å²) in [5.74, 6) is 1.09. The Hall–Kier alpha value is -1.51. The number of hydrogen-bond donors (Lipinski definition) is 1. The molecule has 24 heavy (non-hydrogen) atoms. The van der Waals surface area contributed by atoms with Crippen LogP contribution < -0.4 is 5.32 Å². The molecule has 0 aliphatic rings. The van der Waals surface area contributed by atoms with Gasteiger partial charge in [-0.3, -0.25) is 0 Å². The number of thiophene rings is 2. The van der Waals surface area contributed by atoms with Crippen molar-refractivity contribution in [2.75, 3.05) is 11.9 Å². The van der Waals surface area contributed by atoms with Gasteiger partial charge in [-0.25, -0.2) is 14.8 Å². The second-order valence-corrected chi connectivity index (χ2v) is 8.70. The number of fused-ring (bicyclic) bond motifs is 1. The number of nitrogens with zero attached hydrogens (tertiary/aromatic N) is 2. The summed E-state index contributed by atoms with van der Waals surface area (Å²) in [5, 5.41) is 4.28. The lowest BCUT2D eigenvalue weighted by atomic mass is 10.2. The summed E-state index contributed by atoms with van der Waals surface area (Å²) in [7, 11) is 0. The van der Waals surface area contributed by atoms with Gasteiger partial charge in [0, 0.05) is 4.88 Å². The van der Waals surface area contributed by atoms with Gasteiger partial charge in [-0.15, -0.1) is 22.7 Å². The maximum absolute atomic E-state index is 12.0. The van der Waals surface area contributed by atoms with Crippen molar-refractivity contribution in [2.45, 2.75) is 26.8 Å². The van der Waals surface area contributed by atoms with Gasteiger partial charge in [-0.2, -0.15) is 0 Å². The van der Waals surface area contributed by atoms with Crippen molar-refractivity contribution in [3.8, 4) is 0 Å². The second kappa shape index (κ2) is 7.16. The number of halogens is 1. The Morgan fingerprint density at radius 2 is 2.17 bits per heavy atom. The Kier molecular flexibility index (Phi) is 5.17. The Labute approximate surface area is 156 Å². The zero-order valence-electron chi connectivity index (χ0n) is 13.4. The van der Waals surface area contributed by atoms with Crippen LogP contribution in [0.4, 0.5) is 5.82 Å². The molecule has 3 heterocycles. The molecule has 0 amide bonds. The first-order valence-corrected chi connectivity index (χ1v) is 9.87. The zero-order chi connectivity index (χ0) is 17.3. The number of nitrogens with one attached hydrogen (secondary N) is 1. The van der Waals surface area contributed by atoms with Crippen LogP contribution in [-0.2, 0) is 4.74 Å². The van der Waals surface area contributed by atoms with Gasteiger partial charge in [0.25, 0.3) is 0 Å². The topological polar surface area (TPSA) is 64.1 Å². The molecule has 8 heteroatoms. The van der Waals surface area contributed by atoms with Crippen molar-refractivity contribution in [2.24, 2.45) is 0 Å². The molecule has 1 unspecified atom stereocenters. The molecule has 0 saturated carbocycles. The summed E-state index contributed by atoms with van der Waals surface area (Å²) in [6, 6.07) is 6.01. The maximum atomic E-state index is 12.0. The van der Waals surface area contributed by atoms with Crippen LogP contribution >= 0.6 is 38.6 Å². The van der Waals surface area contributed by atoms with Crippen LogP contribution in [0.1, 0.15) is 40.3 Å². The van der Waals surface area contributed by atoms with Gasteiger partial charge in [0.05, 0.1) is 21.8 Å². The number of carbonyl (C=O) groups excluding carboxylic acids is 1. The highest BCUT2D eigenvalue weighted by Crippen LogP contribution is 2.33. The standard InChI is InChI=1S/C16H16BrN3O2S2/c1-4-22-16(21)12-7-10-14(19-9(3)20-15(10)24-12)18-8(2)11-5-6-13(17)23-11/h5-8H,4H2,1-3H3,(H,18,19,20). The average molecular weight is 426 g/mol. The average Bonchev–Trinajstić information content (AvgIpc) is 3.13. The van der Waals surface area contributed by atoms with E-state index in [2.05, 4.69) is 44.2 Å². The van der Waals surface area contributed by atoms with E-state index in [1.807, 2.05) is 13.0 Å². The highest BCUT2D eigenvalue weighted by atomic mass is 79.9. The van der Waals surface area contributed by atoms with Crippen molar-refractivity contribution in [3.05, 3.63) is 37.6 Å². The fourth-order valence-electron chi connectivity index (χ4n) is 2.28. The predicted molar refractivity (Wildman–Crippen MR) is 102 cm³/mol. The molecule has 5 nitrogen and oxygen atoms in total. The predicted octanol–water partition coefficient (Wildman–Crippen LogP) is 5.17. The molecule has 0 aliphatic heterocycles. The van der Waals surface area contributed by atoms with Gasteiger partial charge in [-0.05, 0) is 54.9 Å². The third-order valence-corrected chi connectivity index (χ3v) is 6.17. The largest absolute Gasteiger partial charge is 0.462 e. The van der Waals surface area contributed by atoms with Crippen molar-refractivity contribution in [1.82, 2.24) is 9.97 Å². The van der Waals surface area contributed by atoms with Crippen molar-refractivity contribution in [3.63, 3.8) is 0 Å². The van der Waals surface area contributed by atoms with Crippen LogP contribution in [0.5, 0.6) is 0 Å². The molecular weight excluding hydrogens is 410 g/mol. The SMILES string of the molecule is CCOC(=O)c1cc2c(NC(C)c3ccc(Br)s3)nc(C)nc2s1. The summed E-state index contributed by atoms with van der Waals surface area (Å²) in [6.45, 7) is 6.08. The molecule has 0 radical (unpaired) electrons. The second-order valence-electron chi connectivity index (χ2n) is 5.18. The van der Waals surface area contributed by atoms with Crippen LogP contribution in [0, 0.1) is 6.92 Å². The van der Waals surface area contributed by atoms with Crippen LogP contribution in [0.3, 0.4) is 0 Å². The minimum atomic E-state index is -0.320. The van der Waals surface area contributed by atoms with Gasteiger partial charge in [-0.1, -0.05) is 0 Å². The van der Waals surface area contributed by atoms with E-state index >= 15 is 0 Å². The normalized spacial score (nSPS) is 12.3. The summed E-state index contributed by atoms with van der Waals surface area (Å²) in [5.41, 5.74) is 0. The van der Waals surface area contributed by atoms with Gasteiger partial charge in [0.15, 0.2) is 0 Å². The number of carbonyl (C=O) groups is 1. The third kappa shape index (κ3) is 3.60. The van der Waals surface area contributed by atoms with Crippen molar-refractivity contribution >= 4 is 60.6 Å². The monoisotopic (exact) mass is 425 g/mol. The van der Waals surface area contributed by atoms with Crippen molar-refractivity contribution < 1.29 is 9.53 Å². The quantitative estimate of drug-likeness (QED) is 0.570. The van der Waals surface area contributed by atoms with E-state index in [1.54, 1.807) is 24.3 Å². The Morgan fingerprint density at radius 1 is 1.38 bits per heavy atom. The summed E-state index contributed by atoms with van der Waals surface area (Å²) >= 11 is 6.50. The lowest BCUT2D eigenvalue weighted by molar-refractivity contribution is 0.0532. The van der Waals surface area contributed by atoms with Crippen LogP contribution in [0.25, 0.3) is 10.2 Å². The van der Waals surface area contributed by atoms with E-state index in [-0.39, 0.29) is 12.0 Å². The molecule has 0 bridgehead atoms. The molecule has 0 saturated heterocycles. The zero-order valence-corrected chi connectivity index (χ0v) is 16.6. The molecule has 3 aromatic rings. The number of ether oxygens (including phenoxy) is 1. The first-order valence-electron chi connectivity index (χ1n) is 7.45. The Bertz CT molecular complexity index is 891. The molecular formula is C16H16BrN3O2S2. The van der Waals surface area contributed by atoms with Gasteiger partial charge >= 0.3 is 5.97 Å². The van der Waals surface area contributed by atoms with Crippen LogP contribution in [0.2, 0.25) is 0 Å². The first kappa shape index (κ1) is 17.3. The molecule has 3 aromatic heterocycles. The lowest BCUT2D eigenvalue weighted by Crippen LogP contribution is -2.07. The Morgan fingerprint density at radius 3 is 2.83 bits per heavy atom. The molecule has 1 atom stereocenters. The van der Waals surface area contributed by atoms with Crippen LogP contribution in [0.15, 0.2) is 22.0 Å². The molecule has 1 N–H and O–H groups in total. The smallest absolute Gasteiger partial charge is 0.348 e. The van der Waals surface area contributed by atoms with Crippen molar-refractivity contribution in [1.29, 1.82) is 0 Å². The molecule has 0 fully saturated rings. The van der Waals surface area contributed by atoms with E-state index in [0.29, 0.717) is 17.3 Å². The minimum absolute atomic E-state index is 0.102. The maximum Gasteiger partial charge on any atom is 0.348 e. The van der Waals surface area contributed by atoms with E-state index < -0.39 is 0 Å². The number of aryl methyl sites for hydroxylation is 1. The fourth-order valence-corrected chi connectivity index (χ4v) is 4.67. The number of esters is 1. The molecule has 0 spiro atoms. The molecule has 126 valence electrons. The van der Waals surface area contributed by atoms with Gasteiger partial charge in [0.1, 0.15) is 21.3 Å². The number of rotatable bonds is 5. The third-order valence-electron chi connectivity index (χ3n) is 3.36. The van der Waals surface area contributed by atoms with E-state index in [0.717, 1.165) is 19.8 Å². The number of aromatic nitrogens is 2. The minimum Gasteiger partial charge on any atom is -0.462 e. The molecule has 0 aromatic carbocycles. The highest BCUT2D eigenvalue weighted by molar-refractivity contribution is 9.11. The summed E-state index contributed by atoms with van der Waals surface area (Å²) in [4.78, 5) is 23.5. The number of hydrogen-bond acceptors (Lipinski definition) is 7. The van der Waals surface area contributed by atoms with E-state index in [4.69, 9.17) is 4.74 Å². The lowest BCUT2D eigenvalue weighted by Gasteiger charge is -2.14. The Balaban J connectivity index is 1.96. The van der Waals surface area contributed by atoms with Gasteiger partial charge < -0.3 is 10.1 Å². The number of anilines is 1.